The minimum atomic E-state index is -4.75. The maximum Gasteiger partial charge on any atom is 0.573 e. The smallest absolute Gasteiger partial charge is 0.406 e. The van der Waals surface area contributed by atoms with Crippen LogP contribution >= 0.6 is 0 Å². The van der Waals surface area contributed by atoms with Gasteiger partial charge in [-0.3, -0.25) is 0 Å². The first kappa shape index (κ1) is 15.6. The summed E-state index contributed by atoms with van der Waals surface area (Å²) in [5.41, 5.74) is 5.99. The third kappa shape index (κ3) is 4.65. The summed E-state index contributed by atoms with van der Waals surface area (Å²) >= 11 is 0. The summed E-state index contributed by atoms with van der Waals surface area (Å²) in [5, 5.41) is 10.2. The Labute approximate surface area is 123 Å². The number of aryl methyl sites for hydroxylation is 1. The Morgan fingerprint density at radius 2 is 2.23 bits per heavy atom. The van der Waals surface area contributed by atoms with E-state index in [1.54, 1.807) is 11.6 Å². The number of rotatable bonds is 4. The zero-order valence-electron chi connectivity index (χ0n) is 11.5. The van der Waals surface area contributed by atoms with E-state index in [4.69, 9.17) is 5.73 Å². The summed E-state index contributed by atoms with van der Waals surface area (Å²) in [6, 6.07) is 5.29. The Bertz CT molecular complexity index is 667. The molecule has 0 saturated carbocycles. The number of nitrogens with zero attached hydrogens (tertiary/aromatic N) is 4. The van der Waals surface area contributed by atoms with E-state index < -0.39 is 6.36 Å². The van der Waals surface area contributed by atoms with E-state index in [-0.39, 0.29) is 18.3 Å². The van der Waals surface area contributed by atoms with E-state index in [2.05, 4.69) is 25.2 Å². The number of benzene rings is 1. The van der Waals surface area contributed by atoms with Crippen LogP contribution in [0, 0.1) is 0 Å². The maximum absolute atomic E-state index is 12.1. The Balaban J connectivity index is 2.00. The zero-order valence-corrected chi connectivity index (χ0v) is 11.5. The van der Waals surface area contributed by atoms with Gasteiger partial charge in [-0.15, -0.1) is 23.4 Å². The van der Waals surface area contributed by atoms with E-state index in [0.717, 1.165) is 6.07 Å². The van der Waals surface area contributed by atoms with E-state index in [0.29, 0.717) is 11.5 Å². The first-order chi connectivity index (χ1) is 10.3. The summed E-state index contributed by atoms with van der Waals surface area (Å²) < 4.78 is 41.9. The van der Waals surface area contributed by atoms with Crippen LogP contribution in [0.2, 0.25) is 0 Å². The minimum Gasteiger partial charge on any atom is -0.406 e. The molecule has 0 bridgehead atoms. The number of anilines is 1. The number of nitrogens with one attached hydrogen (secondary N) is 1. The van der Waals surface area contributed by atoms with Crippen LogP contribution in [0.4, 0.5) is 18.9 Å². The average Bonchev–Trinajstić information content (AvgIpc) is 2.80. The van der Waals surface area contributed by atoms with Crippen LogP contribution in [0.25, 0.3) is 0 Å². The highest BCUT2D eigenvalue weighted by Crippen LogP contribution is 2.24. The van der Waals surface area contributed by atoms with Gasteiger partial charge in [0, 0.05) is 18.8 Å². The van der Waals surface area contributed by atoms with Crippen LogP contribution in [0.3, 0.4) is 0 Å². The van der Waals surface area contributed by atoms with E-state index in [1.807, 2.05) is 0 Å². The van der Waals surface area contributed by atoms with E-state index >= 15 is 0 Å². The van der Waals surface area contributed by atoms with Crippen molar-refractivity contribution in [1.29, 1.82) is 0 Å². The monoisotopic (exact) mass is 314 g/mol. The van der Waals surface area contributed by atoms with Crippen LogP contribution < -0.4 is 15.8 Å². The van der Waals surface area contributed by atoms with Crippen LogP contribution in [-0.4, -0.2) is 27.1 Å². The molecule has 2 rings (SSSR count). The van der Waals surface area contributed by atoms with Crippen molar-refractivity contribution in [1.82, 2.24) is 14.8 Å². The molecule has 10 heteroatoms. The lowest BCUT2D eigenvalue weighted by Gasteiger charge is -2.11. The van der Waals surface area contributed by atoms with Crippen LogP contribution in [0.15, 0.2) is 35.6 Å². The number of hydrogen-bond acceptors (Lipinski definition) is 4. The molecule has 7 nitrogen and oxygen atoms in total. The topological polar surface area (TPSA) is 90.4 Å². The molecule has 0 radical (unpaired) electrons. The van der Waals surface area contributed by atoms with Crippen LogP contribution in [0.1, 0.15) is 5.82 Å². The van der Waals surface area contributed by atoms with Crippen molar-refractivity contribution in [2.45, 2.75) is 12.9 Å². The number of alkyl halides is 3. The molecule has 0 aliphatic rings. The van der Waals surface area contributed by atoms with Crippen LogP contribution in [-0.2, 0) is 13.6 Å². The van der Waals surface area contributed by atoms with Gasteiger partial charge in [0.05, 0.1) is 0 Å². The lowest BCUT2D eigenvalue weighted by Crippen LogP contribution is -2.23. The molecule has 0 saturated heterocycles. The zero-order chi connectivity index (χ0) is 16.2. The summed E-state index contributed by atoms with van der Waals surface area (Å²) in [7, 11) is 1.76. The predicted molar refractivity (Wildman–Crippen MR) is 73.1 cm³/mol. The molecular weight excluding hydrogens is 301 g/mol. The average molecular weight is 314 g/mol. The lowest BCUT2D eigenvalue weighted by molar-refractivity contribution is -0.274. The van der Waals surface area contributed by atoms with Crippen molar-refractivity contribution < 1.29 is 17.9 Å². The Morgan fingerprint density at radius 1 is 1.45 bits per heavy atom. The largest absolute Gasteiger partial charge is 0.573 e. The van der Waals surface area contributed by atoms with Crippen molar-refractivity contribution in [2.75, 3.05) is 5.32 Å². The van der Waals surface area contributed by atoms with Gasteiger partial charge in [-0.25, -0.2) is 4.99 Å². The molecule has 0 unspecified atom stereocenters. The highest BCUT2D eigenvalue weighted by molar-refractivity contribution is 5.92. The second-order valence-electron chi connectivity index (χ2n) is 4.26. The molecular formula is C12H13F3N6O. The number of hydrogen-bond donors (Lipinski definition) is 2. The summed E-state index contributed by atoms with van der Waals surface area (Å²) in [6.45, 7) is 0.189. The number of guanidine groups is 1. The Morgan fingerprint density at radius 3 is 2.86 bits per heavy atom. The highest BCUT2D eigenvalue weighted by Gasteiger charge is 2.31. The van der Waals surface area contributed by atoms with Crippen molar-refractivity contribution >= 4 is 11.6 Å². The first-order valence-electron chi connectivity index (χ1n) is 6.09. The van der Waals surface area contributed by atoms with Gasteiger partial charge >= 0.3 is 6.36 Å². The highest BCUT2D eigenvalue weighted by atomic mass is 19.4. The van der Waals surface area contributed by atoms with Crippen molar-refractivity contribution in [3.05, 3.63) is 36.4 Å². The standard InChI is InChI=1S/C12H13F3N6O/c1-21-7-18-20-10(21)6-17-11(16)19-8-3-2-4-9(5-8)22-12(13,14)15/h2-5,7H,6H2,1H3,(H3,16,17,19). The van der Waals surface area contributed by atoms with Gasteiger partial charge in [-0.05, 0) is 12.1 Å². The fourth-order valence-electron chi connectivity index (χ4n) is 1.56. The molecule has 0 aliphatic carbocycles. The molecule has 1 heterocycles. The first-order valence-corrected chi connectivity index (χ1v) is 6.09. The van der Waals surface area contributed by atoms with Gasteiger partial charge in [0.15, 0.2) is 11.8 Å². The lowest BCUT2D eigenvalue weighted by atomic mass is 10.3. The van der Waals surface area contributed by atoms with Gasteiger partial charge in [-0.2, -0.15) is 0 Å². The molecule has 1 aromatic carbocycles. The summed E-state index contributed by atoms with van der Waals surface area (Å²) in [4.78, 5) is 4.02. The van der Waals surface area contributed by atoms with E-state index in [9.17, 15) is 13.2 Å². The third-order valence-electron chi connectivity index (χ3n) is 2.54. The van der Waals surface area contributed by atoms with Crippen LogP contribution in [0.5, 0.6) is 5.75 Å². The summed E-state index contributed by atoms with van der Waals surface area (Å²) in [6.07, 6.45) is -3.23. The molecule has 0 spiro atoms. The van der Waals surface area contributed by atoms with Gasteiger partial charge in [0.2, 0.25) is 0 Å². The van der Waals surface area contributed by atoms with Gasteiger partial charge in [-0.1, -0.05) is 6.07 Å². The van der Waals surface area contributed by atoms with Crippen molar-refractivity contribution in [2.24, 2.45) is 17.8 Å². The molecule has 0 atom stereocenters. The molecule has 118 valence electrons. The fourth-order valence-corrected chi connectivity index (χ4v) is 1.56. The minimum absolute atomic E-state index is 0.0344. The van der Waals surface area contributed by atoms with Crippen molar-refractivity contribution in [3.8, 4) is 5.75 Å². The molecule has 22 heavy (non-hydrogen) atoms. The second kappa shape index (κ2) is 6.33. The SMILES string of the molecule is Cn1cnnc1CN=C(N)Nc1cccc(OC(F)(F)F)c1. The number of aromatic nitrogens is 3. The quantitative estimate of drug-likeness (QED) is 0.661. The number of aliphatic imine (C=N–C) groups is 1. The Hall–Kier alpha value is -2.78. The molecule has 0 amide bonds. The molecule has 3 N–H and O–H groups in total. The number of ether oxygens (including phenoxy) is 1. The fraction of sp³-hybridized carbons (Fsp3) is 0.250. The molecule has 0 fully saturated rings. The van der Waals surface area contributed by atoms with Gasteiger partial charge in [0.25, 0.3) is 0 Å². The molecule has 0 aliphatic heterocycles. The second-order valence-corrected chi connectivity index (χ2v) is 4.26. The normalized spacial score (nSPS) is 12.3. The maximum atomic E-state index is 12.1. The van der Waals surface area contributed by atoms with Gasteiger partial charge < -0.3 is 20.4 Å². The number of nitrogens with two attached hydrogens (primary N) is 1. The summed E-state index contributed by atoms with van der Waals surface area (Å²) in [5.74, 6) is 0.282. The van der Waals surface area contributed by atoms with E-state index in [1.165, 1.54) is 24.5 Å². The van der Waals surface area contributed by atoms with Gasteiger partial charge in [0.1, 0.15) is 18.6 Å². The Kier molecular flexibility index (Phi) is 4.49. The molecule has 2 aromatic rings. The predicted octanol–water partition coefficient (Wildman–Crippen LogP) is 1.64. The number of halogens is 3. The van der Waals surface area contributed by atoms with Crippen molar-refractivity contribution in [3.63, 3.8) is 0 Å². The molecule has 1 aromatic heterocycles. The third-order valence-corrected chi connectivity index (χ3v) is 2.54.